The number of hydrogen-bond donors (Lipinski definition) is 4. The topological polar surface area (TPSA) is 99.3 Å². The number of rotatable bonds is 6. The zero-order chi connectivity index (χ0) is 17.1. The Morgan fingerprint density at radius 1 is 1.00 bits per heavy atom. The zero-order valence-electron chi connectivity index (χ0n) is 13.6. The molecule has 0 heterocycles. The summed E-state index contributed by atoms with van der Waals surface area (Å²) in [6.45, 7) is 1.68. The van der Waals surface area contributed by atoms with Gasteiger partial charge in [0.05, 0.1) is 0 Å². The van der Waals surface area contributed by atoms with E-state index < -0.39 is 12.1 Å². The number of carbonyl (C=O) groups excluding carboxylic acids is 3. The molecule has 2 saturated carbocycles. The molecule has 0 bridgehead atoms. The third-order valence-corrected chi connectivity index (χ3v) is 4.03. The third-order valence-electron chi connectivity index (χ3n) is 4.03. The predicted molar refractivity (Wildman–Crippen MR) is 90.6 cm³/mol. The van der Waals surface area contributed by atoms with Gasteiger partial charge in [0.2, 0.25) is 11.8 Å². The van der Waals surface area contributed by atoms with Crippen LogP contribution in [0.2, 0.25) is 0 Å². The summed E-state index contributed by atoms with van der Waals surface area (Å²) in [5.74, 6) is -0.169. The van der Waals surface area contributed by atoms with Gasteiger partial charge in [-0.15, -0.1) is 0 Å². The van der Waals surface area contributed by atoms with Gasteiger partial charge in [-0.1, -0.05) is 0 Å². The summed E-state index contributed by atoms with van der Waals surface area (Å²) in [6.07, 6.45) is 3.87. The lowest BCUT2D eigenvalue weighted by Crippen LogP contribution is -2.46. The molecule has 0 spiro atoms. The summed E-state index contributed by atoms with van der Waals surface area (Å²) in [5, 5.41) is 10.9. The average molecular weight is 330 g/mol. The molecule has 2 aliphatic carbocycles. The molecule has 1 unspecified atom stereocenters. The summed E-state index contributed by atoms with van der Waals surface area (Å²) < 4.78 is 0. The number of urea groups is 1. The van der Waals surface area contributed by atoms with Crippen molar-refractivity contribution in [2.75, 3.05) is 10.6 Å². The fourth-order valence-corrected chi connectivity index (χ4v) is 2.22. The van der Waals surface area contributed by atoms with Crippen molar-refractivity contribution in [1.29, 1.82) is 0 Å². The van der Waals surface area contributed by atoms with Gasteiger partial charge in [-0.2, -0.15) is 0 Å². The molecule has 0 aromatic heterocycles. The number of carbonyl (C=O) groups is 3. The molecule has 0 saturated heterocycles. The van der Waals surface area contributed by atoms with Gasteiger partial charge in [0.25, 0.3) is 0 Å². The van der Waals surface area contributed by atoms with Gasteiger partial charge in [-0.3, -0.25) is 14.9 Å². The largest absolute Gasteiger partial charge is 0.374 e. The highest BCUT2D eigenvalue weighted by molar-refractivity contribution is 5.98. The van der Waals surface area contributed by atoms with Crippen LogP contribution in [0.5, 0.6) is 0 Å². The van der Waals surface area contributed by atoms with Crippen molar-refractivity contribution in [1.82, 2.24) is 10.6 Å². The van der Waals surface area contributed by atoms with E-state index in [2.05, 4.69) is 21.3 Å². The maximum absolute atomic E-state index is 12.0. The summed E-state index contributed by atoms with van der Waals surface area (Å²) in [7, 11) is 0. The van der Waals surface area contributed by atoms with Crippen molar-refractivity contribution in [2.45, 2.75) is 44.7 Å². The van der Waals surface area contributed by atoms with Gasteiger partial charge in [0, 0.05) is 23.3 Å². The normalized spacial score (nSPS) is 17.5. The van der Waals surface area contributed by atoms with Crippen LogP contribution < -0.4 is 21.3 Å². The van der Waals surface area contributed by atoms with Gasteiger partial charge in [0.1, 0.15) is 6.04 Å². The highest BCUT2D eigenvalue weighted by atomic mass is 16.2. The van der Waals surface area contributed by atoms with Gasteiger partial charge in [-0.05, 0) is 56.9 Å². The Hall–Kier alpha value is -2.57. The predicted octanol–water partition coefficient (Wildman–Crippen LogP) is 1.82. The van der Waals surface area contributed by atoms with Gasteiger partial charge in [-0.25, -0.2) is 4.79 Å². The third kappa shape index (κ3) is 4.71. The molecule has 24 heavy (non-hydrogen) atoms. The summed E-state index contributed by atoms with van der Waals surface area (Å²) in [5.41, 5.74) is 1.48. The first-order chi connectivity index (χ1) is 11.5. The van der Waals surface area contributed by atoms with Crippen molar-refractivity contribution in [3.8, 4) is 0 Å². The number of imide groups is 1. The first kappa shape index (κ1) is 16.3. The first-order valence-corrected chi connectivity index (χ1v) is 8.30. The second-order valence-electron chi connectivity index (χ2n) is 6.44. The Morgan fingerprint density at radius 3 is 2.21 bits per heavy atom. The Labute approximate surface area is 140 Å². The van der Waals surface area contributed by atoms with Crippen LogP contribution in [0.25, 0.3) is 0 Å². The Kier molecular flexibility index (Phi) is 4.69. The quantitative estimate of drug-likeness (QED) is 0.639. The van der Waals surface area contributed by atoms with Crippen LogP contribution in [0.15, 0.2) is 24.3 Å². The smallest absolute Gasteiger partial charge is 0.321 e. The molecule has 0 aliphatic heterocycles. The van der Waals surface area contributed by atoms with Crippen molar-refractivity contribution < 1.29 is 14.4 Å². The molecule has 1 atom stereocenters. The summed E-state index contributed by atoms with van der Waals surface area (Å²) >= 11 is 0. The number of benzene rings is 1. The average Bonchev–Trinajstić information content (AvgIpc) is 3.42. The van der Waals surface area contributed by atoms with Crippen molar-refractivity contribution in [3.05, 3.63) is 24.3 Å². The first-order valence-electron chi connectivity index (χ1n) is 8.30. The molecule has 2 aliphatic rings. The van der Waals surface area contributed by atoms with Crippen LogP contribution in [-0.4, -0.2) is 29.9 Å². The molecule has 7 nitrogen and oxygen atoms in total. The number of hydrogen-bond acceptors (Lipinski definition) is 4. The molecule has 2 fully saturated rings. The minimum atomic E-state index is -0.554. The number of nitrogens with one attached hydrogen (secondary N) is 4. The molecule has 1 aromatic carbocycles. The van der Waals surface area contributed by atoms with E-state index in [4.69, 9.17) is 0 Å². The Balaban J connectivity index is 1.46. The van der Waals surface area contributed by atoms with E-state index in [0.29, 0.717) is 0 Å². The van der Waals surface area contributed by atoms with E-state index in [9.17, 15) is 14.4 Å². The Bertz CT molecular complexity index is 636. The van der Waals surface area contributed by atoms with Gasteiger partial charge in [0.15, 0.2) is 0 Å². The van der Waals surface area contributed by atoms with E-state index in [1.165, 1.54) is 0 Å². The van der Waals surface area contributed by atoms with Gasteiger partial charge < -0.3 is 16.0 Å². The molecule has 4 N–H and O–H groups in total. The van der Waals surface area contributed by atoms with Crippen molar-refractivity contribution in [2.24, 2.45) is 5.92 Å². The minimum absolute atomic E-state index is 0.0603. The van der Waals surface area contributed by atoms with Crippen LogP contribution in [0, 0.1) is 5.92 Å². The van der Waals surface area contributed by atoms with Crippen molar-refractivity contribution >= 4 is 29.2 Å². The van der Waals surface area contributed by atoms with Crippen LogP contribution in [0.1, 0.15) is 32.6 Å². The lowest BCUT2D eigenvalue weighted by Gasteiger charge is -2.15. The molecule has 0 radical (unpaired) electrons. The van der Waals surface area contributed by atoms with E-state index >= 15 is 0 Å². The lowest BCUT2D eigenvalue weighted by atomic mass is 10.2. The molecule has 128 valence electrons. The molecule has 7 heteroatoms. The summed E-state index contributed by atoms with van der Waals surface area (Å²) in [6, 6.07) is 6.35. The second-order valence-corrected chi connectivity index (χ2v) is 6.44. The highest BCUT2D eigenvalue weighted by Gasteiger charge is 2.29. The maximum Gasteiger partial charge on any atom is 0.321 e. The van der Waals surface area contributed by atoms with Crippen LogP contribution in [0.3, 0.4) is 0 Å². The lowest BCUT2D eigenvalue weighted by molar-refractivity contribution is -0.120. The fraction of sp³-hybridized carbons (Fsp3) is 0.471. The van der Waals surface area contributed by atoms with E-state index in [1.54, 1.807) is 31.2 Å². The van der Waals surface area contributed by atoms with Crippen LogP contribution in [-0.2, 0) is 9.59 Å². The molecular weight excluding hydrogens is 308 g/mol. The number of anilines is 2. The van der Waals surface area contributed by atoms with Crippen LogP contribution >= 0.6 is 0 Å². The SMILES string of the molecule is CC(Nc1ccc(NC(=O)C2CC2)cc1)C(=O)NC(=O)NC1CC1. The van der Waals surface area contributed by atoms with E-state index in [-0.39, 0.29) is 23.8 Å². The minimum Gasteiger partial charge on any atom is -0.374 e. The van der Waals surface area contributed by atoms with E-state index in [0.717, 1.165) is 37.1 Å². The fourth-order valence-electron chi connectivity index (χ4n) is 2.22. The molecular formula is C17H22N4O3. The molecule has 1 aromatic rings. The van der Waals surface area contributed by atoms with Gasteiger partial charge >= 0.3 is 6.03 Å². The highest BCUT2D eigenvalue weighted by Crippen LogP contribution is 2.30. The summed E-state index contributed by atoms with van der Waals surface area (Å²) in [4.78, 5) is 35.2. The van der Waals surface area contributed by atoms with Crippen molar-refractivity contribution in [3.63, 3.8) is 0 Å². The standard InChI is InChI=1S/C17H22N4O3/c1-10(15(22)21-17(24)20-14-8-9-14)18-12-4-6-13(7-5-12)19-16(23)11-2-3-11/h4-7,10-11,14,18H,2-3,8-9H2,1H3,(H,19,23)(H2,20,21,22,24). The number of amides is 4. The Morgan fingerprint density at radius 2 is 1.62 bits per heavy atom. The maximum atomic E-state index is 12.0. The zero-order valence-corrected chi connectivity index (χ0v) is 13.6. The van der Waals surface area contributed by atoms with E-state index in [1.807, 2.05) is 0 Å². The molecule has 4 amide bonds. The van der Waals surface area contributed by atoms with Crippen LogP contribution in [0.4, 0.5) is 16.2 Å². The monoisotopic (exact) mass is 330 g/mol. The second kappa shape index (κ2) is 6.90. The molecule has 3 rings (SSSR count).